The molecule has 0 aliphatic carbocycles. The summed E-state index contributed by atoms with van der Waals surface area (Å²) in [6, 6.07) is 2.14. The molecule has 0 radical (unpaired) electrons. The smallest absolute Gasteiger partial charge is 0.255 e. The number of nitrogens with one attached hydrogen (secondary N) is 1. The first-order valence-electron chi connectivity index (χ1n) is 6.83. The Morgan fingerprint density at radius 3 is 3.00 bits per heavy atom. The molecule has 1 N–H and O–H groups in total. The van der Waals surface area contributed by atoms with Gasteiger partial charge in [-0.25, -0.2) is 4.98 Å². The molecule has 104 valence electrons. The van der Waals surface area contributed by atoms with E-state index >= 15 is 0 Å². The summed E-state index contributed by atoms with van der Waals surface area (Å²) in [5, 5.41) is 0. The second-order valence-electron chi connectivity index (χ2n) is 5.41. The first-order valence-corrected chi connectivity index (χ1v) is 6.83. The van der Waals surface area contributed by atoms with Gasteiger partial charge in [-0.1, -0.05) is 6.07 Å². The van der Waals surface area contributed by atoms with E-state index in [9.17, 15) is 4.79 Å². The van der Waals surface area contributed by atoms with Crippen LogP contribution >= 0.6 is 0 Å². The first kappa shape index (κ1) is 13.0. The summed E-state index contributed by atoms with van der Waals surface area (Å²) in [4.78, 5) is 25.7. The van der Waals surface area contributed by atoms with Crippen LogP contribution in [0.1, 0.15) is 28.2 Å². The van der Waals surface area contributed by atoms with Crippen molar-refractivity contribution in [1.29, 1.82) is 0 Å². The number of rotatable bonds is 2. The van der Waals surface area contributed by atoms with E-state index < -0.39 is 0 Å². The molecule has 0 bridgehead atoms. The van der Waals surface area contributed by atoms with Crippen molar-refractivity contribution in [2.75, 3.05) is 6.54 Å². The number of hydrogen-bond acceptors (Lipinski definition) is 4. The van der Waals surface area contributed by atoms with Gasteiger partial charge < -0.3 is 4.98 Å². The van der Waals surface area contributed by atoms with Gasteiger partial charge in [0.05, 0.1) is 11.3 Å². The summed E-state index contributed by atoms with van der Waals surface area (Å²) in [7, 11) is 0. The van der Waals surface area contributed by atoms with Crippen LogP contribution in [0.3, 0.4) is 0 Å². The van der Waals surface area contributed by atoms with Gasteiger partial charge in [-0.05, 0) is 25.0 Å². The summed E-state index contributed by atoms with van der Waals surface area (Å²) < 4.78 is 0. The van der Waals surface area contributed by atoms with E-state index in [1.165, 1.54) is 5.56 Å². The lowest BCUT2D eigenvalue weighted by Gasteiger charge is -2.27. The third-order valence-corrected chi connectivity index (χ3v) is 3.60. The highest BCUT2D eigenvalue weighted by molar-refractivity contribution is 5.22. The monoisotopic (exact) mass is 270 g/mol. The largest absolute Gasteiger partial charge is 0.310 e. The summed E-state index contributed by atoms with van der Waals surface area (Å²) in [6.07, 6.45) is 4.58. The molecule has 0 fully saturated rings. The Balaban J connectivity index is 1.81. The molecule has 2 aromatic heterocycles. The molecule has 20 heavy (non-hydrogen) atoms. The molecule has 0 saturated heterocycles. The number of aromatic amines is 1. The lowest BCUT2D eigenvalue weighted by molar-refractivity contribution is 0.241. The zero-order valence-electron chi connectivity index (χ0n) is 11.8. The van der Waals surface area contributed by atoms with Gasteiger partial charge >= 0.3 is 0 Å². The number of pyridine rings is 1. The van der Waals surface area contributed by atoms with Gasteiger partial charge in [0, 0.05) is 38.4 Å². The number of fused-ring (bicyclic) bond motifs is 1. The molecule has 5 nitrogen and oxygen atoms in total. The van der Waals surface area contributed by atoms with Gasteiger partial charge in [0.1, 0.15) is 5.82 Å². The Morgan fingerprint density at radius 2 is 2.20 bits per heavy atom. The second kappa shape index (κ2) is 5.17. The van der Waals surface area contributed by atoms with Crippen molar-refractivity contribution in [3.63, 3.8) is 0 Å². The van der Waals surface area contributed by atoms with Crippen LogP contribution < -0.4 is 5.56 Å². The Hall–Kier alpha value is -2.01. The summed E-state index contributed by atoms with van der Waals surface area (Å²) in [5.74, 6) is 0.699. The molecule has 0 aromatic carbocycles. The van der Waals surface area contributed by atoms with Crippen molar-refractivity contribution in [2.45, 2.75) is 33.4 Å². The van der Waals surface area contributed by atoms with E-state index in [4.69, 9.17) is 0 Å². The minimum absolute atomic E-state index is 0.000401. The average molecular weight is 270 g/mol. The van der Waals surface area contributed by atoms with E-state index in [1.807, 2.05) is 26.2 Å². The fourth-order valence-corrected chi connectivity index (χ4v) is 2.70. The van der Waals surface area contributed by atoms with Crippen LogP contribution in [0.2, 0.25) is 0 Å². The molecule has 2 aromatic rings. The van der Waals surface area contributed by atoms with Crippen molar-refractivity contribution in [3.05, 3.63) is 57.0 Å². The molecular weight excluding hydrogens is 252 g/mol. The van der Waals surface area contributed by atoms with Gasteiger partial charge in [-0.3, -0.25) is 14.7 Å². The number of hydrogen-bond donors (Lipinski definition) is 1. The molecule has 5 heteroatoms. The fourth-order valence-electron chi connectivity index (χ4n) is 2.70. The van der Waals surface area contributed by atoms with Crippen molar-refractivity contribution in [2.24, 2.45) is 0 Å². The van der Waals surface area contributed by atoms with E-state index in [2.05, 4.69) is 25.9 Å². The van der Waals surface area contributed by atoms with Crippen LogP contribution in [0.4, 0.5) is 0 Å². The Labute approximate surface area is 117 Å². The molecule has 3 rings (SSSR count). The van der Waals surface area contributed by atoms with E-state index in [-0.39, 0.29) is 5.56 Å². The molecular formula is C15H18N4O. The lowest BCUT2D eigenvalue weighted by Crippen LogP contribution is -2.35. The fraction of sp³-hybridized carbons (Fsp3) is 0.400. The van der Waals surface area contributed by atoms with E-state index in [1.54, 1.807) is 0 Å². The van der Waals surface area contributed by atoms with Crippen molar-refractivity contribution in [3.8, 4) is 0 Å². The van der Waals surface area contributed by atoms with E-state index in [0.717, 1.165) is 36.3 Å². The van der Waals surface area contributed by atoms with Crippen LogP contribution in [0.15, 0.2) is 23.3 Å². The number of H-pyrrole nitrogens is 1. The zero-order valence-corrected chi connectivity index (χ0v) is 11.8. The minimum Gasteiger partial charge on any atom is -0.310 e. The van der Waals surface area contributed by atoms with Crippen LogP contribution in [0.25, 0.3) is 0 Å². The maximum Gasteiger partial charge on any atom is 0.255 e. The van der Waals surface area contributed by atoms with Gasteiger partial charge in [0.15, 0.2) is 0 Å². The van der Waals surface area contributed by atoms with Crippen LogP contribution in [0.5, 0.6) is 0 Å². The topological polar surface area (TPSA) is 61.9 Å². The highest BCUT2D eigenvalue weighted by atomic mass is 16.1. The first-order chi connectivity index (χ1) is 9.61. The van der Waals surface area contributed by atoms with Gasteiger partial charge in [-0.15, -0.1) is 0 Å². The quantitative estimate of drug-likeness (QED) is 0.894. The van der Waals surface area contributed by atoms with Crippen molar-refractivity contribution >= 4 is 0 Å². The predicted molar refractivity (Wildman–Crippen MR) is 76.4 cm³/mol. The molecule has 0 saturated carbocycles. The Bertz CT molecular complexity index is 693. The molecule has 0 spiro atoms. The lowest BCUT2D eigenvalue weighted by atomic mass is 10.1. The summed E-state index contributed by atoms with van der Waals surface area (Å²) in [5.41, 5.74) is 4.10. The standard InChI is InChI=1S/C15H18N4O/c1-10-5-12(7-16-6-10)8-19-4-3-14-13(9-19)15(20)18-11(2)17-14/h5-7H,3-4,8-9H2,1-2H3,(H,17,18,20). The molecule has 0 atom stereocenters. The molecule has 3 heterocycles. The normalized spacial score (nSPS) is 15.1. The van der Waals surface area contributed by atoms with Crippen LogP contribution in [0, 0.1) is 13.8 Å². The van der Waals surface area contributed by atoms with Crippen molar-refractivity contribution < 1.29 is 0 Å². The molecule has 1 aliphatic heterocycles. The maximum atomic E-state index is 12.0. The summed E-state index contributed by atoms with van der Waals surface area (Å²) >= 11 is 0. The maximum absolute atomic E-state index is 12.0. The Morgan fingerprint density at radius 1 is 1.35 bits per heavy atom. The number of aromatic nitrogens is 3. The number of aryl methyl sites for hydroxylation is 2. The van der Waals surface area contributed by atoms with Crippen LogP contribution in [-0.4, -0.2) is 26.4 Å². The Kier molecular flexibility index (Phi) is 3.36. The van der Waals surface area contributed by atoms with Gasteiger partial charge in [0.2, 0.25) is 0 Å². The number of nitrogens with zero attached hydrogens (tertiary/aromatic N) is 3. The third kappa shape index (κ3) is 2.63. The van der Waals surface area contributed by atoms with E-state index in [0.29, 0.717) is 12.4 Å². The highest BCUT2D eigenvalue weighted by Gasteiger charge is 2.20. The average Bonchev–Trinajstić information content (AvgIpc) is 2.39. The zero-order chi connectivity index (χ0) is 14.1. The van der Waals surface area contributed by atoms with Gasteiger partial charge in [-0.2, -0.15) is 0 Å². The summed E-state index contributed by atoms with van der Waals surface area (Å²) in [6.45, 7) is 6.27. The third-order valence-electron chi connectivity index (χ3n) is 3.60. The van der Waals surface area contributed by atoms with Crippen LogP contribution in [-0.2, 0) is 19.5 Å². The minimum atomic E-state index is -0.000401. The molecule has 0 unspecified atom stereocenters. The molecule has 0 amide bonds. The predicted octanol–water partition coefficient (Wildman–Crippen LogP) is 1.34. The highest BCUT2D eigenvalue weighted by Crippen LogP contribution is 2.16. The molecule has 1 aliphatic rings. The SMILES string of the molecule is Cc1cncc(CN2CCc3nc(C)[nH]c(=O)c3C2)c1. The van der Waals surface area contributed by atoms with Crippen molar-refractivity contribution in [1.82, 2.24) is 19.9 Å². The second-order valence-corrected chi connectivity index (χ2v) is 5.41. The van der Waals surface area contributed by atoms with Gasteiger partial charge in [0.25, 0.3) is 5.56 Å².